The third kappa shape index (κ3) is 5.54. The van der Waals surface area contributed by atoms with Crippen LogP contribution in [0.5, 0.6) is 0 Å². The average molecular weight is 325 g/mol. The van der Waals surface area contributed by atoms with Crippen molar-refractivity contribution in [1.29, 1.82) is 5.26 Å². The van der Waals surface area contributed by atoms with Gasteiger partial charge in [-0.1, -0.05) is 31.4 Å². The minimum atomic E-state index is -0.392. The highest BCUT2D eigenvalue weighted by molar-refractivity contribution is 5.92. The summed E-state index contributed by atoms with van der Waals surface area (Å²) in [5, 5.41) is 11.8. The molecule has 0 aliphatic heterocycles. The summed E-state index contributed by atoms with van der Waals surface area (Å²) in [6.07, 6.45) is 8.79. The van der Waals surface area contributed by atoms with Gasteiger partial charge in [-0.25, -0.2) is 0 Å². The van der Waals surface area contributed by atoms with Crippen molar-refractivity contribution in [3.8, 4) is 6.07 Å². The SMILES string of the molecule is N#Cc1cccc(/C=C/C(=O)N[C@@H](CC(N)=O)C2CCCCC2)c1. The van der Waals surface area contributed by atoms with Crippen LogP contribution in [0.2, 0.25) is 0 Å². The molecule has 1 atom stereocenters. The third-order valence-electron chi connectivity index (χ3n) is 4.41. The van der Waals surface area contributed by atoms with E-state index in [1.54, 1.807) is 24.3 Å². The van der Waals surface area contributed by atoms with Crippen molar-refractivity contribution in [1.82, 2.24) is 5.32 Å². The Balaban J connectivity index is 1.99. The molecular weight excluding hydrogens is 302 g/mol. The maximum absolute atomic E-state index is 12.2. The molecule has 0 spiro atoms. The largest absolute Gasteiger partial charge is 0.370 e. The number of nitrogens with one attached hydrogen (secondary N) is 1. The summed E-state index contributed by atoms with van der Waals surface area (Å²) in [6, 6.07) is 8.89. The standard InChI is InChI=1S/C19H23N3O2/c20-13-15-6-4-5-14(11-15)9-10-19(24)22-17(12-18(21)23)16-7-2-1-3-8-16/h4-6,9-11,16-17H,1-3,7-8,12H2,(H2,21,23)(H,22,24)/b10-9+/t17-/m0/s1. The lowest BCUT2D eigenvalue weighted by molar-refractivity contribution is -0.120. The summed E-state index contributed by atoms with van der Waals surface area (Å²) >= 11 is 0. The molecule has 1 aliphatic carbocycles. The van der Waals surface area contributed by atoms with Crippen LogP contribution in [-0.4, -0.2) is 17.9 Å². The minimum absolute atomic E-state index is 0.175. The number of rotatable bonds is 6. The molecule has 0 aromatic heterocycles. The summed E-state index contributed by atoms with van der Waals surface area (Å²) in [5.41, 5.74) is 6.67. The normalized spacial score (nSPS) is 16.5. The van der Waals surface area contributed by atoms with Gasteiger partial charge in [0.1, 0.15) is 0 Å². The van der Waals surface area contributed by atoms with Crippen molar-refractivity contribution in [2.75, 3.05) is 0 Å². The second kappa shape index (κ2) is 8.88. The minimum Gasteiger partial charge on any atom is -0.370 e. The smallest absolute Gasteiger partial charge is 0.244 e. The first-order chi connectivity index (χ1) is 11.6. The Hall–Kier alpha value is -2.61. The van der Waals surface area contributed by atoms with Crippen LogP contribution >= 0.6 is 0 Å². The van der Waals surface area contributed by atoms with E-state index in [0.29, 0.717) is 11.5 Å². The molecule has 5 heteroatoms. The monoisotopic (exact) mass is 325 g/mol. The lowest BCUT2D eigenvalue weighted by Gasteiger charge is -2.30. The fourth-order valence-electron chi connectivity index (χ4n) is 3.20. The van der Waals surface area contributed by atoms with Crippen LogP contribution in [0.4, 0.5) is 0 Å². The van der Waals surface area contributed by atoms with Crippen LogP contribution < -0.4 is 11.1 Å². The molecule has 1 aromatic carbocycles. The molecule has 0 heterocycles. The van der Waals surface area contributed by atoms with Crippen molar-refractivity contribution in [2.24, 2.45) is 11.7 Å². The second-order valence-electron chi connectivity index (χ2n) is 6.25. The Morgan fingerprint density at radius 2 is 2.08 bits per heavy atom. The second-order valence-corrected chi connectivity index (χ2v) is 6.25. The number of nitrogens with two attached hydrogens (primary N) is 1. The first kappa shape index (κ1) is 17.7. The molecule has 3 N–H and O–H groups in total. The molecule has 126 valence electrons. The van der Waals surface area contributed by atoms with Gasteiger partial charge in [-0.15, -0.1) is 0 Å². The third-order valence-corrected chi connectivity index (χ3v) is 4.41. The quantitative estimate of drug-likeness (QED) is 0.787. The summed E-state index contributed by atoms with van der Waals surface area (Å²) in [7, 11) is 0. The van der Waals surface area contributed by atoms with E-state index >= 15 is 0 Å². The molecular formula is C19H23N3O2. The summed E-state index contributed by atoms with van der Waals surface area (Å²) in [4.78, 5) is 23.5. The highest BCUT2D eigenvalue weighted by Gasteiger charge is 2.25. The molecule has 0 saturated heterocycles. The Morgan fingerprint density at radius 1 is 1.33 bits per heavy atom. The van der Waals surface area contributed by atoms with E-state index in [-0.39, 0.29) is 18.4 Å². The molecule has 1 aliphatic rings. The molecule has 1 saturated carbocycles. The first-order valence-corrected chi connectivity index (χ1v) is 8.35. The highest BCUT2D eigenvalue weighted by Crippen LogP contribution is 2.27. The summed E-state index contributed by atoms with van der Waals surface area (Å²) < 4.78 is 0. The Morgan fingerprint density at radius 3 is 2.75 bits per heavy atom. The lowest BCUT2D eigenvalue weighted by atomic mass is 9.82. The lowest BCUT2D eigenvalue weighted by Crippen LogP contribution is -2.42. The van der Waals surface area contributed by atoms with Gasteiger partial charge in [-0.2, -0.15) is 5.26 Å². The molecule has 0 bridgehead atoms. The number of primary amides is 1. The Bertz CT molecular complexity index is 655. The van der Waals surface area contributed by atoms with Gasteiger partial charge in [-0.3, -0.25) is 9.59 Å². The number of carbonyl (C=O) groups is 2. The molecule has 2 amide bonds. The van der Waals surface area contributed by atoms with Crippen LogP contribution in [-0.2, 0) is 9.59 Å². The number of hydrogen-bond acceptors (Lipinski definition) is 3. The van der Waals surface area contributed by atoms with Crippen molar-refractivity contribution in [3.05, 3.63) is 41.5 Å². The van der Waals surface area contributed by atoms with E-state index in [0.717, 1.165) is 31.2 Å². The Kier molecular flexibility index (Phi) is 6.56. The van der Waals surface area contributed by atoms with Gasteiger partial charge >= 0.3 is 0 Å². The van der Waals surface area contributed by atoms with Crippen molar-refractivity contribution in [3.63, 3.8) is 0 Å². The summed E-state index contributed by atoms with van der Waals surface area (Å²) in [6.45, 7) is 0. The molecule has 0 radical (unpaired) electrons. The fraction of sp³-hybridized carbons (Fsp3) is 0.421. The van der Waals surface area contributed by atoms with Gasteiger partial charge in [0.2, 0.25) is 11.8 Å². The van der Waals surface area contributed by atoms with E-state index < -0.39 is 5.91 Å². The van der Waals surface area contributed by atoms with E-state index in [4.69, 9.17) is 11.0 Å². The Labute approximate surface area is 142 Å². The predicted octanol–water partition coefficient (Wildman–Crippen LogP) is 2.51. The topological polar surface area (TPSA) is 96.0 Å². The highest BCUT2D eigenvalue weighted by atomic mass is 16.2. The maximum Gasteiger partial charge on any atom is 0.244 e. The number of amides is 2. The van der Waals surface area contributed by atoms with Gasteiger partial charge in [0.25, 0.3) is 0 Å². The number of hydrogen-bond donors (Lipinski definition) is 2. The van der Waals surface area contributed by atoms with Gasteiger partial charge in [0.05, 0.1) is 11.6 Å². The van der Waals surface area contributed by atoms with Crippen LogP contribution in [0.15, 0.2) is 30.3 Å². The zero-order valence-corrected chi connectivity index (χ0v) is 13.7. The molecule has 2 rings (SSSR count). The maximum atomic E-state index is 12.2. The van der Waals surface area contributed by atoms with Crippen LogP contribution in [0.25, 0.3) is 6.08 Å². The number of benzene rings is 1. The van der Waals surface area contributed by atoms with Gasteiger partial charge in [0, 0.05) is 18.5 Å². The molecule has 0 unspecified atom stereocenters. The van der Waals surface area contributed by atoms with E-state index in [1.807, 2.05) is 6.07 Å². The molecule has 1 aromatic rings. The number of nitriles is 1. The van der Waals surface area contributed by atoms with Gasteiger partial charge < -0.3 is 11.1 Å². The molecule has 1 fully saturated rings. The van der Waals surface area contributed by atoms with E-state index in [2.05, 4.69) is 11.4 Å². The fourth-order valence-corrected chi connectivity index (χ4v) is 3.20. The van der Waals surface area contributed by atoms with E-state index in [9.17, 15) is 9.59 Å². The van der Waals surface area contributed by atoms with Gasteiger partial charge in [0.15, 0.2) is 0 Å². The van der Waals surface area contributed by atoms with Crippen LogP contribution in [0.1, 0.15) is 49.7 Å². The van der Waals surface area contributed by atoms with Crippen LogP contribution in [0, 0.1) is 17.2 Å². The van der Waals surface area contributed by atoms with Gasteiger partial charge in [-0.05, 0) is 42.5 Å². The predicted molar refractivity (Wildman–Crippen MR) is 92.5 cm³/mol. The first-order valence-electron chi connectivity index (χ1n) is 8.35. The number of carbonyl (C=O) groups excluding carboxylic acids is 2. The number of nitrogens with zero attached hydrogens (tertiary/aromatic N) is 1. The zero-order valence-electron chi connectivity index (χ0n) is 13.7. The van der Waals surface area contributed by atoms with Crippen molar-refractivity contribution < 1.29 is 9.59 Å². The van der Waals surface area contributed by atoms with Crippen molar-refractivity contribution >= 4 is 17.9 Å². The summed E-state index contributed by atoms with van der Waals surface area (Å²) in [5.74, 6) is -0.323. The van der Waals surface area contributed by atoms with Crippen LogP contribution in [0.3, 0.4) is 0 Å². The van der Waals surface area contributed by atoms with E-state index in [1.165, 1.54) is 12.5 Å². The molecule has 24 heavy (non-hydrogen) atoms. The van der Waals surface area contributed by atoms with Crippen molar-refractivity contribution in [2.45, 2.75) is 44.6 Å². The molecule has 5 nitrogen and oxygen atoms in total. The average Bonchev–Trinajstić information content (AvgIpc) is 2.60. The zero-order chi connectivity index (χ0) is 17.4.